The van der Waals surface area contributed by atoms with Crippen LogP contribution in [0, 0.1) is 0 Å². The molecule has 1 aliphatic carbocycles. The molecular formula is C12H20O4. The summed E-state index contributed by atoms with van der Waals surface area (Å²) in [6.07, 6.45) is 6.00. The van der Waals surface area contributed by atoms with Crippen molar-refractivity contribution in [1.29, 1.82) is 0 Å². The van der Waals surface area contributed by atoms with Crippen LogP contribution in [0.2, 0.25) is 0 Å². The molecule has 1 saturated carbocycles. The largest absolute Gasteiger partial charge is 0.394 e. The first-order valence-electron chi connectivity index (χ1n) is 6.33. The van der Waals surface area contributed by atoms with Gasteiger partial charge in [-0.15, -0.1) is 0 Å². The molecule has 3 aliphatic rings. The maximum absolute atomic E-state index is 9.11. The predicted octanol–water partition coefficient (Wildman–Crippen LogP) is 1.21. The topological polar surface area (TPSA) is 47.9 Å². The zero-order valence-electron chi connectivity index (χ0n) is 9.61. The van der Waals surface area contributed by atoms with Crippen LogP contribution in [0.3, 0.4) is 0 Å². The van der Waals surface area contributed by atoms with Crippen LogP contribution in [0.25, 0.3) is 0 Å². The molecule has 1 atom stereocenters. The van der Waals surface area contributed by atoms with Gasteiger partial charge in [-0.25, -0.2) is 0 Å². The number of aliphatic hydroxyl groups excluding tert-OH is 1. The molecule has 0 aromatic rings. The molecule has 3 fully saturated rings. The summed E-state index contributed by atoms with van der Waals surface area (Å²) in [5.74, 6) is -0.300. The fourth-order valence-electron chi connectivity index (χ4n) is 3.26. The molecule has 0 radical (unpaired) electrons. The first-order chi connectivity index (χ1) is 7.76. The average molecular weight is 228 g/mol. The minimum Gasteiger partial charge on any atom is -0.394 e. The molecule has 0 amide bonds. The van der Waals surface area contributed by atoms with Gasteiger partial charge in [-0.1, -0.05) is 0 Å². The first kappa shape index (κ1) is 11.0. The Morgan fingerprint density at radius 3 is 2.25 bits per heavy atom. The molecule has 1 N–H and O–H groups in total. The summed E-state index contributed by atoms with van der Waals surface area (Å²) < 4.78 is 17.4. The normalized spacial score (nSPS) is 36.2. The van der Waals surface area contributed by atoms with E-state index in [9.17, 15) is 0 Å². The van der Waals surface area contributed by atoms with E-state index in [1.54, 1.807) is 0 Å². The highest BCUT2D eigenvalue weighted by atomic mass is 16.7. The fraction of sp³-hybridized carbons (Fsp3) is 1.00. The van der Waals surface area contributed by atoms with Crippen LogP contribution in [0.5, 0.6) is 0 Å². The first-order valence-corrected chi connectivity index (χ1v) is 6.33. The highest BCUT2D eigenvalue weighted by molar-refractivity contribution is 4.96. The number of hydrogen-bond acceptors (Lipinski definition) is 4. The van der Waals surface area contributed by atoms with Gasteiger partial charge in [0.05, 0.1) is 31.5 Å². The molecule has 2 spiro atoms. The van der Waals surface area contributed by atoms with E-state index < -0.39 is 0 Å². The fourth-order valence-corrected chi connectivity index (χ4v) is 3.26. The van der Waals surface area contributed by atoms with E-state index in [0.717, 1.165) is 51.7 Å². The molecule has 4 nitrogen and oxygen atoms in total. The molecule has 2 heterocycles. The van der Waals surface area contributed by atoms with Gasteiger partial charge in [-0.05, 0) is 25.7 Å². The van der Waals surface area contributed by atoms with E-state index in [2.05, 4.69) is 0 Å². The number of hydrogen-bond donors (Lipinski definition) is 1. The lowest BCUT2D eigenvalue weighted by Crippen LogP contribution is -2.43. The standard InChI is InChI=1S/C12H20O4/c13-9-10-1-2-11(16-10)3-5-12(6-4-11)14-7-8-15-12/h10,13H,1-9H2/t10-/m1/s1. The Labute approximate surface area is 95.9 Å². The van der Waals surface area contributed by atoms with E-state index >= 15 is 0 Å². The van der Waals surface area contributed by atoms with Crippen molar-refractivity contribution in [2.45, 2.75) is 56.0 Å². The SMILES string of the molecule is OC[C@H]1CCC2(CCC3(CC2)OCCO3)O1. The van der Waals surface area contributed by atoms with Crippen molar-refractivity contribution in [3.8, 4) is 0 Å². The maximum atomic E-state index is 9.11. The van der Waals surface area contributed by atoms with E-state index in [-0.39, 0.29) is 24.1 Å². The van der Waals surface area contributed by atoms with Crippen LogP contribution in [0.1, 0.15) is 38.5 Å². The van der Waals surface area contributed by atoms with Crippen LogP contribution < -0.4 is 0 Å². The Bertz CT molecular complexity index is 250. The van der Waals surface area contributed by atoms with Gasteiger partial charge >= 0.3 is 0 Å². The van der Waals surface area contributed by atoms with Crippen molar-refractivity contribution in [3.63, 3.8) is 0 Å². The lowest BCUT2D eigenvalue weighted by atomic mass is 9.79. The Morgan fingerprint density at radius 2 is 1.69 bits per heavy atom. The summed E-state index contributed by atoms with van der Waals surface area (Å²) in [6.45, 7) is 1.61. The molecule has 2 saturated heterocycles. The van der Waals surface area contributed by atoms with E-state index in [1.807, 2.05) is 0 Å². The Balaban J connectivity index is 1.62. The smallest absolute Gasteiger partial charge is 0.168 e. The zero-order chi connectivity index (χ0) is 11.1. The Hall–Kier alpha value is -0.160. The number of aliphatic hydroxyl groups is 1. The van der Waals surface area contributed by atoms with Gasteiger partial charge in [0.2, 0.25) is 0 Å². The van der Waals surface area contributed by atoms with Crippen LogP contribution in [0.15, 0.2) is 0 Å². The summed E-state index contributed by atoms with van der Waals surface area (Å²) in [7, 11) is 0. The monoisotopic (exact) mass is 228 g/mol. The third-order valence-electron chi connectivity index (χ3n) is 4.28. The average Bonchev–Trinajstić information content (AvgIpc) is 2.91. The third kappa shape index (κ3) is 1.78. The van der Waals surface area contributed by atoms with Crippen LogP contribution >= 0.6 is 0 Å². The summed E-state index contributed by atoms with van der Waals surface area (Å²) >= 11 is 0. The summed E-state index contributed by atoms with van der Waals surface area (Å²) in [4.78, 5) is 0. The molecular weight excluding hydrogens is 208 g/mol. The molecule has 16 heavy (non-hydrogen) atoms. The zero-order valence-corrected chi connectivity index (χ0v) is 9.61. The van der Waals surface area contributed by atoms with Crippen molar-refractivity contribution >= 4 is 0 Å². The lowest BCUT2D eigenvalue weighted by molar-refractivity contribution is -0.209. The molecule has 3 rings (SSSR count). The van der Waals surface area contributed by atoms with Crippen LogP contribution in [0.4, 0.5) is 0 Å². The van der Waals surface area contributed by atoms with Crippen molar-refractivity contribution < 1.29 is 19.3 Å². The number of ether oxygens (including phenoxy) is 3. The molecule has 4 heteroatoms. The second kappa shape index (κ2) is 3.95. The third-order valence-corrected chi connectivity index (χ3v) is 4.28. The van der Waals surface area contributed by atoms with Crippen molar-refractivity contribution in [1.82, 2.24) is 0 Å². The van der Waals surface area contributed by atoms with Gasteiger partial charge in [-0.2, -0.15) is 0 Å². The number of rotatable bonds is 1. The van der Waals surface area contributed by atoms with E-state index in [0.29, 0.717) is 0 Å². The Morgan fingerprint density at radius 1 is 1.00 bits per heavy atom. The molecule has 0 aromatic carbocycles. The van der Waals surface area contributed by atoms with Gasteiger partial charge < -0.3 is 19.3 Å². The lowest BCUT2D eigenvalue weighted by Gasteiger charge is -2.41. The van der Waals surface area contributed by atoms with Crippen LogP contribution in [-0.4, -0.2) is 42.4 Å². The van der Waals surface area contributed by atoms with Crippen molar-refractivity contribution in [2.75, 3.05) is 19.8 Å². The van der Waals surface area contributed by atoms with Gasteiger partial charge in [-0.3, -0.25) is 0 Å². The van der Waals surface area contributed by atoms with Crippen molar-refractivity contribution in [2.24, 2.45) is 0 Å². The summed E-state index contributed by atoms with van der Waals surface area (Å²) in [5.41, 5.74) is 0.00789. The quantitative estimate of drug-likeness (QED) is 0.733. The summed E-state index contributed by atoms with van der Waals surface area (Å²) in [5, 5.41) is 9.11. The van der Waals surface area contributed by atoms with Gasteiger partial charge in [0.25, 0.3) is 0 Å². The van der Waals surface area contributed by atoms with Gasteiger partial charge in [0.1, 0.15) is 0 Å². The van der Waals surface area contributed by atoms with Crippen molar-refractivity contribution in [3.05, 3.63) is 0 Å². The second-order valence-electron chi connectivity index (χ2n) is 5.25. The summed E-state index contributed by atoms with van der Waals surface area (Å²) in [6, 6.07) is 0. The van der Waals surface area contributed by atoms with Gasteiger partial charge in [0.15, 0.2) is 5.79 Å². The Kier molecular flexibility index (Phi) is 2.70. The minimum absolute atomic E-state index is 0.00789. The molecule has 0 bridgehead atoms. The maximum Gasteiger partial charge on any atom is 0.168 e. The predicted molar refractivity (Wildman–Crippen MR) is 57.0 cm³/mol. The van der Waals surface area contributed by atoms with E-state index in [4.69, 9.17) is 19.3 Å². The molecule has 0 aromatic heterocycles. The highest BCUT2D eigenvalue weighted by Gasteiger charge is 2.49. The second-order valence-corrected chi connectivity index (χ2v) is 5.25. The molecule has 0 unspecified atom stereocenters. The van der Waals surface area contributed by atoms with E-state index in [1.165, 1.54) is 0 Å². The highest BCUT2D eigenvalue weighted by Crippen LogP contribution is 2.47. The van der Waals surface area contributed by atoms with Gasteiger partial charge in [0, 0.05) is 12.8 Å². The molecule has 92 valence electrons. The molecule has 2 aliphatic heterocycles. The van der Waals surface area contributed by atoms with Crippen LogP contribution in [-0.2, 0) is 14.2 Å². The minimum atomic E-state index is -0.300.